The van der Waals surface area contributed by atoms with E-state index in [1.807, 2.05) is 30.3 Å². The first-order chi connectivity index (χ1) is 13.1. The van der Waals surface area contributed by atoms with E-state index in [9.17, 15) is 9.18 Å². The minimum Gasteiger partial charge on any atom is -0.494 e. The van der Waals surface area contributed by atoms with Gasteiger partial charge < -0.3 is 14.2 Å². The van der Waals surface area contributed by atoms with Crippen LogP contribution < -0.4 is 4.74 Å². The molecule has 5 nitrogen and oxygen atoms in total. The second-order valence-electron chi connectivity index (χ2n) is 6.21. The van der Waals surface area contributed by atoms with Gasteiger partial charge in [-0.25, -0.2) is 4.39 Å². The number of hydrogen-bond donors (Lipinski definition) is 0. The van der Waals surface area contributed by atoms with E-state index in [0.29, 0.717) is 42.3 Å². The van der Waals surface area contributed by atoms with Gasteiger partial charge in [0, 0.05) is 19.2 Å². The van der Waals surface area contributed by atoms with Crippen molar-refractivity contribution in [1.29, 1.82) is 0 Å². The molecule has 0 aliphatic carbocycles. The Morgan fingerprint density at radius 3 is 2.56 bits per heavy atom. The molecule has 2 aromatic carbocycles. The third-order valence-corrected chi connectivity index (χ3v) is 4.19. The minimum absolute atomic E-state index is 0.144. The van der Waals surface area contributed by atoms with E-state index in [4.69, 9.17) is 9.26 Å². The number of benzene rings is 2. The molecule has 1 heterocycles. The Balaban J connectivity index is 1.59. The van der Waals surface area contributed by atoms with Gasteiger partial charge in [0.05, 0.1) is 6.61 Å². The third kappa shape index (κ3) is 4.53. The maximum absolute atomic E-state index is 12.9. The van der Waals surface area contributed by atoms with Crippen molar-refractivity contribution >= 4 is 5.91 Å². The van der Waals surface area contributed by atoms with Gasteiger partial charge >= 0.3 is 0 Å². The molecule has 0 aliphatic heterocycles. The van der Waals surface area contributed by atoms with Crippen molar-refractivity contribution in [3.63, 3.8) is 0 Å². The molecule has 27 heavy (non-hydrogen) atoms. The molecule has 0 bridgehead atoms. The number of halogens is 1. The van der Waals surface area contributed by atoms with Gasteiger partial charge in [-0.15, -0.1) is 0 Å². The van der Waals surface area contributed by atoms with Gasteiger partial charge in [-0.05, 0) is 37.6 Å². The summed E-state index contributed by atoms with van der Waals surface area (Å²) >= 11 is 0. The predicted molar refractivity (Wildman–Crippen MR) is 100 cm³/mol. The highest BCUT2D eigenvalue weighted by Gasteiger charge is 2.24. The number of hydrogen-bond acceptors (Lipinski definition) is 4. The van der Waals surface area contributed by atoms with Gasteiger partial charge in [0.15, 0.2) is 0 Å². The van der Waals surface area contributed by atoms with Crippen molar-refractivity contribution in [1.82, 2.24) is 10.1 Å². The first-order valence-corrected chi connectivity index (χ1v) is 8.72. The standard InChI is InChI=1S/C21H21FN2O3/c1-15-19(20(23-27-15)16-7-4-3-5-8-16)21(25)24(2)13-6-14-26-18-11-9-17(22)10-12-18/h3-5,7-12H,6,13-14H2,1-2H3. The van der Waals surface area contributed by atoms with Crippen LogP contribution in [0.15, 0.2) is 59.1 Å². The van der Waals surface area contributed by atoms with Gasteiger partial charge in [-0.1, -0.05) is 35.5 Å². The molecular weight excluding hydrogens is 347 g/mol. The predicted octanol–water partition coefficient (Wildman–Crippen LogP) is 4.33. The number of nitrogens with zero attached hydrogens (tertiary/aromatic N) is 2. The van der Waals surface area contributed by atoms with Gasteiger partial charge in [-0.2, -0.15) is 0 Å². The largest absolute Gasteiger partial charge is 0.494 e. The highest BCUT2D eigenvalue weighted by atomic mass is 19.1. The van der Waals surface area contributed by atoms with Crippen LogP contribution in [0, 0.1) is 12.7 Å². The number of amides is 1. The molecule has 0 N–H and O–H groups in total. The molecular formula is C21H21FN2O3. The van der Waals surface area contributed by atoms with E-state index in [0.717, 1.165) is 5.56 Å². The van der Waals surface area contributed by atoms with Crippen molar-refractivity contribution in [2.24, 2.45) is 0 Å². The Morgan fingerprint density at radius 1 is 1.15 bits per heavy atom. The van der Waals surface area contributed by atoms with Crippen molar-refractivity contribution in [3.8, 4) is 17.0 Å². The average Bonchev–Trinajstić information content (AvgIpc) is 3.08. The fraction of sp³-hybridized carbons (Fsp3) is 0.238. The molecule has 1 aromatic heterocycles. The van der Waals surface area contributed by atoms with Crippen molar-refractivity contribution < 1.29 is 18.4 Å². The van der Waals surface area contributed by atoms with E-state index >= 15 is 0 Å². The molecule has 3 aromatic rings. The normalized spacial score (nSPS) is 10.6. The zero-order valence-electron chi connectivity index (χ0n) is 15.3. The number of aryl methyl sites for hydroxylation is 1. The molecule has 6 heteroatoms. The Kier molecular flexibility index (Phi) is 5.86. The summed E-state index contributed by atoms with van der Waals surface area (Å²) in [6.45, 7) is 2.68. The van der Waals surface area contributed by atoms with Gasteiger partial charge in [0.1, 0.15) is 28.6 Å². The van der Waals surface area contributed by atoms with Gasteiger partial charge in [-0.3, -0.25) is 4.79 Å². The number of carbonyl (C=O) groups excluding carboxylic acids is 1. The van der Waals surface area contributed by atoms with E-state index in [2.05, 4.69) is 5.16 Å². The molecule has 0 fully saturated rings. The number of ether oxygens (including phenoxy) is 1. The number of aromatic nitrogens is 1. The second kappa shape index (κ2) is 8.49. The quantitative estimate of drug-likeness (QED) is 0.583. The van der Waals surface area contributed by atoms with E-state index < -0.39 is 0 Å². The summed E-state index contributed by atoms with van der Waals surface area (Å²) in [7, 11) is 1.74. The van der Waals surface area contributed by atoms with Crippen LogP contribution in [0.5, 0.6) is 5.75 Å². The van der Waals surface area contributed by atoms with Gasteiger partial charge in [0.25, 0.3) is 5.91 Å². The van der Waals surface area contributed by atoms with Crippen molar-refractivity contribution in [2.45, 2.75) is 13.3 Å². The van der Waals surface area contributed by atoms with Gasteiger partial charge in [0.2, 0.25) is 0 Å². The molecule has 0 atom stereocenters. The first kappa shape index (κ1) is 18.6. The lowest BCUT2D eigenvalue weighted by atomic mass is 10.1. The maximum Gasteiger partial charge on any atom is 0.259 e. The van der Waals surface area contributed by atoms with Crippen LogP contribution in [0.2, 0.25) is 0 Å². The average molecular weight is 368 g/mol. The summed E-state index contributed by atoms with van der Waals surface area (Å²) in [6.07, 6.45) is 0.643. The number of carbonyl (C=O) groups is 1. The molecule has 0 aliphatic rings. The fourth-order valence-corrected chi connectivity index (χ4v) is 2.73. The molecule has 0 saturated carbocycles. The van der Waals surface area contributed by atoms with Crippen LogP contribution in [0.25, 0.3) is 11.3 Å². The minimum atomic E-state index is -0.300. The Labute approximate surface area is 157 Å². The fourth-order valence-electron chi connectivity index (χ4n) is 2.73. The van der Waals surface area contributed by atoms with Crippen LogP contribution in [-0.2, 0) is 0 Å². The van der Waals surface area contributed by atoms with Crippen LogP contribution in [-0.4, -0.2) is 36.2 Å². The molecule has 0 radical (unpaired) electrons. The van der Waals surface area contributed by atoms with E-state index in [-0.39, 0.29) is 11.7 Å². The Hall–Kier alpha value is -3.15. The number of rotatable bonds is 7. The van der Waals surface area contributed by atoms with Crippen LogP contribution in [0.3, 0.4) is 0 Å². The van der Waals surface area contributed by atoms with Crippen molar-refractivity contribution in [2.75, 3.05) is 20.2 Å². The monoisotopic (exact) mass is 368 g/mol. The van der Waals surface area contributed by atoms with Crippen LogP contribution in [0.4, 0.5) is 4.39 Å². The lowest BCUT2D eigenvalue weighted by Gasteiger charge is -2.17. The molecule has 140 valence electrons. The lowest BCUT2D eigenvalue weighted by molar-refractivity contribution is 0.0786. The topological polar surface area (TPSA) is 55.6 Å². The van der Waals surface area contributed by atoms with E-state index in [1.165, 1.54) is 12.1 Å². The molecule has 1 amide bonds. The summed E-state index contributed by atoms with van der Waals surface area (Å²) < 4.78 is 23.7. The molecule has 0 spiro atoms. The Bertz CT molecular complexity index is 892. The zero-order chi connectivity index (χ0) is 19.2. The highest BCUT2D eigenvalue weighted by Crippen LogP contribution is 2.26. The lowest BCUT2D eigenvalue weighted by Crippen LogP contribution is -2.29. The molecule has 0 unspecified atom stereocenters. The smallest absolute Gasteiger partial charge is 0.259 e. The molecule has 0 saturated heterocycles. The van der Waals surface area contributed by atoms with Crippen LogP contribution >= 0.6 is 0 Å². The zero-order valence-corrected chi connectivity index (χ0v) is 15.3. The van der Waals surface area contributed by atoms with Crippen LogP contribution in [0.1, 0.15) is 22.5 Å². The highest BCUT2D eigenvalue weighted by molar-refractivity contribution is 6.00. The summed E-state index contributed by atoms with van der Waals surface area (Å²) in [5, 5.41) is 4.05. The molecule has 3 rings (SSSR count). The van der Waals surface area contributed by atoms with E-state index in [1.54, 1.807) is 31.0 Å². The SMILES string of the molecule is Cc1onc(-c2ccccc2)c1C(=O)N(C)CCCOc1ccc(F)cc1. The summed E-state index contributed by atoms with van der Waals surface area (Å²) in [5.74, 6) is 0.653. The maximum atomic E-state index is 12.9. The second-order valence-corrected chi connectivity index (χ2v) is 6.21. The Morgan fingerprint density at radius 2 is 1.85 bits per heavy atom. The summed E-state index contributed by atoms with van der Waals surface area (Å²) in [6, 6.07) is 15.3. The van der Waals surface area contributed by atoms with Crippen molar-refractivity contribution in [3.05, 3.63) is 71.7 Å². The summed E-state index contributed by atoms with van der Waals surface area (Å²) in [4.78, 5) is 14.5. The summed E-state index contributed by atoms with van der Waals surface area (Å²) in [5.41, 5.74) is 1.86. The third-order valence-electron chi connectivity index (χ3n) is 4.19. The first-order valence-electron chi connectivity index (χ1n) is 8.72.